The van der Waals surface area contributed by atoms with Crippen LogP contribution in [0.4, 0.5) is 17.6 Å². The normalized spacial score (nSPS) is 13.3. The lowest BCUT2D eigenvalue weighted by molar-refractivity contribution is -0.140. The Hall–Kier alpha value is -1.95. The number of hydrogen-bond acceptors (Lipinski definition) is 2. The highest BCUT2D eigenvalue weighted by molar-refractivity contribution is 5.32. The second-order valence-electron chi connectivity index (χ2n) is 3.89. The molecule has 0 saturated heterocycles. The van der Waals surface area contributed by atoms with Gasteiger partial charge in [-0.05, 0) is 29.8 Å². The summed E-state index contributed by atoms with van der Waals surface area (Å²) in [5.74, 6) is -1.37. The highest BCUT2D eigenvalue weighted by Crippen LogP contribution is 2.33. The number of aromatic nitrogens is 1. The number of aliphatic hydroxyl groups is 1. The maximum Gasteiger partial charge on any atom is 0.419 e. The SMILES string of the molecule is OC(c1ccc(F)c(C(F)(F)F)c1)c1ccccn1. The lowest BCUT2D eigenvalue weighted by Crippen LogP contribution is -2.10. The number of benzene rings is 1. The van der Waals surface area contributed by atoms with E-state index in [-0.39, 0.29) is 11.3 Å². The van der Waals surface area contributed by atoms with Gasteiger partial charge in [0.05, 0.1) is 11.3 Å². The third kappa shape index (κ3) is 2.90. The van der Waals surface area contributed by atoms with E-state index in [2.05, 4.69) is 4.98 Å². The van der Waals surface area contributed by atoms with E-state index in [1.54, 1.807) is 12.1 Å². The van der Waals surface area contributed by atoms with E-state index in [9.17, 15) is 22.7 Å². The highest BCUT2D eigenvalue weighted by Gasteiger charge is 2.34. The standard InChI is InChI=1S/C13H9F4NO/c14-10-5-4-8(7-9(10)13(15,16)17)12(19)11-3-1-2-6-18-11/h1-7,12,19H. The molecule has 0 amide bonds. The van der Waals surface area contributed by atoms with Crippen LogP contribution in [0.2, 0.25) is 0 Å². The number of alkyl halides is 3. The maximum absolute atomic E-state index is 13.1. The minimum absolute atomic E-state index is 0.0626. The quantitative estimate of drug-likeness (QED) is 0.850. The van der Waals surface area contributed by atoms with Crippen LogP contribution < -0.4 is 0 Å². The molecule has 0 aliphatic rings. The lowest BCUT2D eigenvalue weighted by atomic mass is 10.0. The first-order valence-electron chi connectivity index (χ1n) is 5.35. The minimum Gasteiger partial charge on any atom is -0.382 e. The van der Waals surface area contributed by atoms with Crippen molar-refractivity contribution in [2.75, 3.05) is 0 Å². The molecule has 1 heterocycles. The van der Waals surface area contributed by atoms with Crippen LogP contribution >= 0.6 is 0 Å². The molecule has 0 aliphatic carbocycles. The molecule has 19 heavy (non-hydrogen) atoms. The van der Waals surface area contributed by atoms with Gasteiger partial charge >= 0.3 is 6.18 Å². The van der Waals surface area contributed by atoms with Gasteiger partial charge in [-0.25, -0.2) is 4.39 Å². The first-order valence-corrected chi connectivity index (χ1v) is 5.35. The van der Waals surface area contributed by atoms with Crippen LogP contribution in [0.1, 0.15) is 22.9 Å². The summed E-state index contributed by atoms with van der Waals surface area (Å²) in [6.45, 7) is 0. The fourth-order valence-corrected chi connectivity index (χ4v) is 1.64. The van der Waals surface area contributed by atoms with Crippen LogP contribution in [0.3, 0.4) is 0 Å². The summed E-state index contributed by atoms with van der Waals surface area (Å²) in [5.41, 5.74) is -1.27. The molecule has 0 spiro atoms. The molecule has 100 valence electrons. The smallest absolute Gasteiger partial charge is 0.382 e. The Morgan fingerprint density at radius 3 is 2.42 bits per heavy atom. The van der Waals surface area contributed by atoms with Crippen molar-refractivity contribution in [1.29, 1.82) is 0 Å². The number of pyridine rings is 1. The minimum atomic E-state index is -4.80. The predicted octanol–water partition coefficient (Wildman–Crippen LogP) is 3.32. The van der Waals surface area contributed by atoms with Crippen LogP contribution in [0.25, 0.3) is 0 Å². The number of hydrogen-bond donors (Lipinski definition) is 1. The van der Waals surface area contributed by atoms with Gasteiger partial charge in [-0.2, -0.15) is 13.2 Å². The molecule has 0 saturated carbocycles. The topological polar surface area (TPSA) is 33.1 Å². The molecule has 2 nitrogen and oxygen atoms in total. The van der Waals surface area contributed by atoms with Gasteiger partial charge in [0.15, 0.2) is 0 Å². The van der Waals surface area contributed by atoms with Crippen LogP contribution in [0.15, 0.2) is 42.6 Å². The van der Waals surface area contributed by atoms with Gasteiger partial charge in [0, 0.05) is 6.20 Å². The van der Waals surface area contributed by atoms with E-state index in [4.69, 9.17) is 0 Å². The van der Waals surface area contributed by atoms with Gasteiger partial charge in [0.2, 0.25) is 0 Å². The Labute approximate surface area is 106 Å². The largest absolute Gasteiger partial charge is 0.419 e. The van der Waals surface area contributed by atoms with Crippen molar-refractivity contribution in [3.63, 3.8) is 0 Å². The van der Waals surface area contributed by atoms with E-state index in [0.29, 0.717) is 12.1 Å². The van der Waals surface area contributed by atoms with Gasteiger partial charge in [0.25, 0.3) is 0 Å². The number of halogens is 4. The average molecular weight is 271 g/mol. The Balaban J connectivity index is 2.42. The maximum atomic E-state index is 13.1. The molecule has 2 aromatic rings. The number of rotatable bonds is 2. The van der Waals surface area contributed by atoms with E-state index < -0.39 is 23.7 Å². The lowest BCUT2D eigenvalue weighted by Gasteiger charge is -2.14. The van der Waals surface area contributed by atoms with Gasteiger partial charge in [0.1, 0.15) is 11.9 Å². The summed E-state index contributed by atoms with van der Waals surface area (Å²) in [5, 5.41) is 9.92. The second kappa shape index (κ2) is 4.97. The molecule has 6 heteroatoms. The molecule has 1 aromatic heterocycles. The monoisotopic (exact) mass is 271 g/mol. The van der Waals surface area contributed by atoms with E-state index >= 15 is 0 Å². The molecule has 0 aliphatic heterocycles. The first kappa shape index (κ1) is 13.5. The Morgan fingerprint density at radius 2 is 1.84 bits per heavy atom. The van der Waals surface area contributed by atoms with Crippen molar-refractivity contribution < 1.29 is 22.7 Å². The zero-order valence-electron chi connectivity index (χ0n) is 9.53. The summed E-state index contributed by atoms with van der Waals surface area (Å²) < 4.78 is 50.8. The van der Waals surface area contributed by atoms with Crippen molar-refractivity contribution in [1.82, 2.24) is 4.98 Å². The summed E-state index contributed by atoms with van der Waals surface area (Å²) in [6.07, 6.45) is -4.72. The molecule has 0 fully saturated rings. The molecular weight excluding hydrogens is 262 g/mol. The Morgan fingerprint density at radius 1 is 1.11 bits per heavy atom. The molecule has 1 atom stereocenters. The van der Waals surface area contributed by atoms with Crippen molar-refractivity contribution in [2.24, 2.45) is 0 Å². The van der Waals surface area contributed by atoms with E-state index in [0.717, 1.165) is 6.07 Å². The van der Waals surface area contributed by atoms with E-state index in [1.165, 1.54) is 12.3 Å². The fourth-order valence-electron chi connectivity index (χ4n) is 1.64. The number of nitrogens with zero attached hydrogens (tertiary/aromatic N) is 1. The Bertz CT molecular complexity index is 569. The summed E-state index contributed by atoms with van der Waals surface area (Å²) in [4.78, 5) is 3.84. The van der Waals surface area contributed by atoms with Gasteiger partial charge in [-0.1, -0.05) is 12.1 Å². The summed E-state index contributed by atoms with van der Waals surface area (Å²) in [7, 11) is 0. The van der Waals surface area contributed by atoms with Gasteiger partial charge in [-0.3, -0.25) is 4.98 Å². The molecule has 1 unspecified atom stereocenters. The van der Waals surface area contributed by atoms with Crippen molar-refractivity contribution in [3.8, 4) is 0 Å². The van der Waals surface area contributed by atoms with Crippen molar-refractivity contribution in [2.45, 2.75) is 12.3 Å². The van der Waals surface area contributed by atoms with Crippen LogP contribution in [0, 0.1) is 5.82 Å². The zero-order valence-corrected chi connectivity index (χ0v) is 9.53. The van der Waals surface area contributed by atoms with E-state index in [1.807, 2.05) is 0 Å². The summed E-state index contributed by atoms with van der Waals surface area (Å²) in [6, 6.07) is 7.06. The third-order valence-electron chi connectivity index (χ3n) is 2.58. The van der Waals surface area contributed by atoms with Gasteiger partial charge in [-0.15, -0.1) is 0 Å². The first-order chi connectivity index (χ1) is 8.89. The van der Waals surface area contributed by atoms with Crippen LogP contribution in [-0.4, -0.2) is 10.1 Å². The molecule has 0 bridgehead atoms. The molecular formula is C13H9F4NO. The van der Waals surface area contributed by atoms with Crippen LogP contribution in [-0.2, 0) is 6.18 Å². The van der Waals surface area contributed by atoms with Crippen molar-refractivity contribution in [3.05, 3.63) is 65.2 Å². The highest BCUT2D eigenvalue weighted by atomic mass is 19.4. The fraction of sp³-hybridized carbons (Fsp3) is 0.154. The second-order valence-corrected chi connectivity index (χ2v) is 3.89. The average Bonchev–Trinajstić information content (AvgIpc) is 2.38. The zero-order chi connectivity index (χ0) is 14.0. The molecule has 0 radical (unpaired) electrons. The predicted molar refractivity (Wildman–Crippen MR) is 59.7 cm³/mol. The number of aliphatic hydroxyl groups excluding tert-OH is 1. The molecule has 2 rings (SSSR count). The van der Waals surface area contributed by atoms with Gasteiger partial charge < -0.3 is 5.11 Å². The third-order valence-corrected chi connectivity index (χ3v) is 2.58. The Kier molecular flexibility index (Phi) is 3.53. The summed E-state index contributed by atoms with van der Waals surface area (Å²) >= 11 is 0. The molecule has 1 N–H and O–H groups in total. The van der Waals surface area contributed by atoms with Crippen LogP contribution in [0.5, 0.6) is 0 Å². The van der Waals surface area contributed by atoms with Crippen molar-refractivity contribution >= 4 is 0 Å². The molecule has 1 aromatic carbocycles.